The molecule has 0 saturated carbocycles. The van der Waals surface area contributed by atoms with E-state index in [1.165, 1.54) is 0 Å². The molecule has 21 heavy (non-hydrogen) atoms. The fraction of sp³-hybridized carbons (Fsp3) is 0. The number of nitrogens with one attached hydrogen (secondary N) is 1. The van der Waals surface area contributed by atoms with Gasteiger partial charge in [-0.05, 0) is 24.3 Å². The Balaban J connectivity index is 1.75. The lowest BCUT2D eigenvalue weighted by molar-refractivity contribution is 0.102. The molecule has 1 N–H and O–H groups in total. The summed E-state index contributed by atoms with van der Waals surface area (Å²) in [5, 5.41) is 3.19. The highest BCUT2D eigenvalue weighted by Crippen LogP contribution is 2.22. The maximum absolute atomic E-state index is 12.0. The molecule has 104 valence electrons. The van der Waals surface area contributed by atoms with Gasteiger partial charge in [-0.25, -0.2) is 4.98 Å². The standard InChI is InChI=1S/C16H11ClN2O2/c17-13-8-6-12(7-9-13)15(20)19-16-18-10-14(21-16)11-4-2-1-3-5-11/h1-10H,(H,18,19,20). The van der Waals surface area contributed by atoms with Crippen LogP contribution in [0.4, 0.5) is 6.01 Å². The van der Waals surface area contributed by atoms with Gasteiger partial charge in [-0.2, -0.15) is 0 Å². The second-order valence-electron chi connectivity index (χ2n) is 4.36. The van der Waals surface area contributed by atoms with Crippen molar-refractivity contribution in [1.29, 1.82) is 0 Å². The van der Waals surface area contributed by atoms with Crippen LogP contribution in [0.5, 0.6) is 0 Å². The van der Waals surface area contributed by atoms with Crippen molar-refractivity contribution in [2.75, 3.05) is 5.32 Å². The molecule has 0 aliphatic rings. The van der Waals surface area contributed by atoms with E-state index in [0.29, 0.717) is 16.3 Å². The normalized spacial score (nSPS) is 10.3. The molecule has 0 bridgehead atoms. The van der Waals surface area contributed by atoms with Crippen molar-refractivity contribution < 1.29 is 9.21 Å². The lowest BCUT2D eigenvalue weighted by Gasteiger charge is -2.01. The quantitative estimate of drug-likeness (QED) is 0.786. The molecule has 2 aromatic carbocycles. The topological polar surface area (TPSA) is 55.1 Å². The van der Waals surface area contributed by atoms with Crippen molar-refractivity contribution in [3.8, 4) is 11.3 Å². The molecule has 1 aromatic heterocycles. The zero-order chi connectivity index (χ0) is 14.7. The van der Waals surface area contributed by atoms with Gasteiger partial charge in [-0.1, -0.05) is 41.9 Å². The molecule has 3 rings (SSSR count). The summed E-state index contributed by atoms with van der Waals surface area (Å²) in [4.78, 5) is 16.1. The molecule has 0 fully saturated rings. The van der Waals surface area contributed by atoms with Crippen LogP contribution in [0.1, 0.15) is 10.4 Å². The number of amides is 1. The van der Waals surface area contributed by atoms with Gasteiger partial charge in [-0.3, -0.25) is 10.1 Å². The average molecular weight is 299 g/mol. The number of aromatic nitrogens is 1. The van der Waals surface area contributed by atoms with Gasteiger partial charge in [0.25, 0.3) is 5.91 Å². The number of hydrogen-bond donors (Lipinski definition) is 1. The highest BCUT2D eigenvalue weighted by Gasteiger charge is 2.11. The van der Waals surface area contributed by atoms with Gasteiger partial charge in [-0.15, -0.1) is 0 Å². The molecule has 0 aliphatic carbocycles. The number of oxazole rings is 1. The Morgan fingerprint density at radius 1 is 1.05 bits per heavy atom. The van der Waals surface area contributed by atoms with Crippen LogP contribution in [0.25, 0.3) is 11.3 Å². The van der Waals surface area contributed by atoms with Crippen LogP contribution in [-0.4, -0.2) is 10.9 Å². The first-order valence-electron chi connectivity index (χ1n) is 6.30. The van der Waals surface area contributed by atoms with Crippen LogP contribution in [-0.2, 0) is 0 Å². The first kappa shape index (κ1) is 13.4. The van der Waals surface area contributed by atoms with Gasteiger partial charge in [0.1, 0.15) is 0 Å². The third-order valence-electron chi connectivity index (χ3n) is 2.89. The van der Waals surface area contributed by atoms with E-state index in [0.717, 1.165) is 5.56 Å². The summed E-state index contributed by atoms with van der Waals surface area (Å²) in [5.74, 6) is 0.301. The molecule has 0 saturated heterocycles. The van der Waals surface area contributed by atoms with Crippen LogP contribution < -0.4 is 5.32 Å². The Morgan fingerprint density at radius 3 is 2.48 bits per heavy atom. The predicted octanol–water partition coefficient (Wildman–Crippen LogP) is 4.25. The molecule has 0 radical (unpaired) electrons. The van der Waals surface area contributed by atoms with Crippen LogP contribution in [0, 0.1) is 0 Å². The largest absolute Gasteiger partial charge is 0.423 e. The van der Waals surface area contributed by atoms with E-state index in [2.05, 4.69) is 10.3 Å². The maximum Gasteiger partial charge on any atom is 0.302 e. The first-order valence-corrected chi connectivity index (χ1v) is 6.68. The Hall–Kier alpha value is -2.59. The smallest absolute Gasteiger partial charge is 0.302 e. The molecule has 1 heterocycles. The number of hydrogen-bond acceptors (Lipinski definition) is 3. The molecule has 0 spiro atoms. The highest BCUT2D eigenvalue weighted by molar-refractivity contribution is 6.30. The lowest BCUT2D eigenvalue weighted by Crippen LogP contribution is -2.11. The van der Waals surface area contributed by atoms with Gasteiger partial charge < -0.3 is 4.42 Å². The van der Waals surface area contributed by atoms with Crippen molar-refractivity contribution in [2.24, 2.45) is 0 Å². The molecule has 0 atom stereocenters. The van der Waals surface area contributed by atoms with E-state index in [1.54, 1.807) is 30.5 Å². The number of halogens is 1. The van der Waals surface area contributed by atoms with Crippen molar-refractivity contribution >= 4 is 23.5 Å². The summed E-state index contributed by atoms with van der Waals surface area (Å²) in [7, 11) is 0. The zero-order valence-corrected chi connectivity index (χ0v) is 11.7. The van der Waals surface area contributed by atoms with Gasteiger partial charge in [0, 0.05) is 16.1 Å². The number of benzene rings is 2. The summed E-state index contributed by atoms with van der Waals surface area (Å²) < 4.78 is 5.52. The predicted molar refractivity (Wildman–Crippen MR) is 81.3 cm³/mol. The van der Waals surface area contributed by atoms with E-state index in [1.807, 2.05) is 30.3 Å². The minimum absolute atomic E-state index is 0.161. The van der Waals surface area contributed by atoms with Gasteiger partial charge >= 0.3 is 6.01 Å². The molecule has 1 amide bonds. The van der Waals surface area contributed by atoms with Gasteiger partial charge in [0.2, 0.25) is 0 Å². The summed E-state index contributed by atoms with van der Waals surface area (Å²) in [6, 6.07) is 16.3. The molecular weight excluding hydrogens is 288 g/mol. The Kier molecular flexibility index (Phi) is 3.71. The van der Waals surface area contributed by atoms with E-state index in [4.69, 9.17) is 16.0 Å². The number of anilines is 1. The van der Waals surface area contributed by atoms with Crippen molar-refractivity contribution in [2.45, 2.75) is 0 Å². The van der Waals surface area contributed by atoms with Crippen LogP contribution >= 0.6 is 11.6 Å². The van der Waals surface area contributed by atoms with Crippen LogP contribution in [0.3, 0.4) is 0 Å². The summed E-state index contributed by atoms with van der Waals surface area (Å²) in [5.41, 5.74) is 1.39. The third kappa shape index (κ3) is 3.12. The first-order chi connectivity index (χ1) is 10.2. The zero-order valence-electron chi connectivity index (χ0n) is 10.9. The molecule has 0 unspecified atom stereocenters. The minimum atomic E-state index is -0.298. The molecule has 4 nitrogen and oxygen atoms in total. The van der Waals surface area contributed by atoms with Crippen LogP contribution in [0.15, 0.2) is 65.2 Å². The fourth-order valence-corrected chi connectivity index (χ4v) is 1.96. The Labute approximate surface area is 126 Å². The lowest BCUT2D eigenvalue weighted by atomic mass is 10.2. The second-order valence-corrected chi connectivity index (χ2v) is 4.79. The highest BCUT2D eigenvalue weighted by atomic mass is 35.5. The van der Waals surface area contributed by atoms with Gasteiger partial charge in [0.15, 0.2) is 5.76 Å². The van der Waals surface area contributed by atoms with E-state index in [-0.39, 0.29) is 11.9 Å². The average Bonchev–Trinajstić information content (AvgIpc) is 2.97. The number of carbonyl (C=O) groups excluding carboxylic acids is 1. The van der Waals surface area contributed by atoms with E-state index < -0.39 is 0 Å². The third-order valence-corrected chi connectivity index (χ3v) is 3.14. The van der Waals surface area contributed by atoms with Crippen molar-refractivity contribution in [3.63, 3.8) is 0 Å². The van der Waals surface area contributed by atoms with Gasteiger partial charge in [0.05, 0.1) is 6.20 Å². The molecule has 3 aromatic rings. The second kappa shape index (κ2) is 5.81. The summed E-state index contributed by atoms with van der Waals surface area (Å²) in [6.07, 6.45) is 1.58. The van der Waals surface area contributed by atoms with E-state index >= 15 is 0 Å². The van der Waals surface area contributed by atoms with Crippen molar-refractivity contribution in [1.82, 2.24) is 4.98 Å². The molecule has 0 aliphatic heterocycles. The molecule has 5 heteroatoms. The summed E-state index contributed by atoms with van der Waals surface area (Å²) >= 11 is 5.79. The monoisotopic (exact) mass is 298 g/mol. The number of carbonyl (C=O) groups is 1. The van der Waals surface area contributed by atoms with Crippen molar-refractivity contribution in [3.05, 3.63) is 71.4 Å². The SMILES string of the molecule is O=C(Nc1ncc(-c2ccccc2)o1)c1ccc(Cl)cc1. The number of rotatable bonds is 3. The Morgan fingerprint density at radius 2 is 1.76 bits per heavy atom. The fourth-order valence-electron chi connectivity index (χ4n) is 1.84. The Bertz CT molecular complexity index is 751. The summed E-state index contributed by atoms with van der Waals surface area (Å²) in [6.45, 7) is 0. The number of nitrogens with zero attached hydrogens (tertiary/aromatic N) is 1. The molecular formula is C16H11ClN2O2. The van der Waals surface area contributed by atoms with E-state index in [9.17, 15) is 4.79 Å². The minimum Gasteiger partial charge on any atom is -0.423 e. The van der Waals surface area contributed by atoms with Crippen LogP contribution in [0.2, 0.25) is 5.02 Å². The maximum atomic E-state index is 12.0.